The Bertz CT molecular complexity index is 708. The monoisotopic (exact) mass is 303 g/mol. The number of carbonyl (C=O) groups is 1. The zero-order valence-electron chi connectivity index (χ0n) is 11.9. The molecule has 21 heavy (non-hydrogen) atoms. The van der Waals surface area contributed by atoms with Gasteiger partial charge in [-0.25, -0.2) is 0 Å². The lowest BCUT2D eigenvalue weighted by Crippen LogP contribution is -2.48. The molecule has 0 atom stereocenters. The molecule has 0 radical (unpaired) electrons. The van der Waals surface area contributed by atoms with Gasteiger partial charge in [-0.3, -0.25) is 9.78 Å². The Morgan fingerprint density at radius 2 is 2.14 bits per heavy atom. The molecule has 1 aromatic carbocycles. The maximum absolute atomic E-state index is 12.5. The summed E-state index contributed by atoms with van der Waals surface area (Å²) in [7, 11) is 0. The van der Waals surface area contributed by atoms with Crippen LogP contribution in [0.4, 0.5) is 5.69 Å². The Labute approximate surface area is 128 Å². The summed E-state index contributed by atoms with van der Waals surface area (Å²) in [6.07, 6.45) is 5.16. The summed E-state index contributed by atoms with van der Waals surface area (Å²) in [5.74, 6) is -0.157. The molecule has 2 aromatic rings. The molecule has 0 bridgehead atoms. The summed E-state index contributed by atoms with van der Waals surface area (Å²) in [5, 5.41) is 4.29. The van der Waals surface area contributed by atoms with Gasteiger partial charge in [0.1, 0.15) is 0 Å². The Kier molecular flexibility index (Phi) is 3.59. The van der Waals surface area contributed by atoms with Crippen LogP contribution in [0.3, 0.4) is 0 Å². The van der Waals surface area contributed by atoms with Crippen LogP contribution in [0.25, 0.3) is 10.9 Å². The molecule has 3 N–H and O–H groups in total. The first kappa shape index (κ1) is 14.3. The number of hydrogen-bond donors (Lipinski definition) is 2. The van der Waals surface area contributed by atoms with E-state index in [2.05, 4.69) is 10.3 Å². The van der Waals surface area contributed by atoms with Crippen LogP contribution < -0.4 is 11.1 Å². The predicted octanol–water partition coefficient (Wildman–Crippen LogP) is 3.41. The van der Waals surface area contributed by atoms with Gasteiger partial charge in [0, 0.05) is 11.6 Å². The Morgan fingerprint density at radius 1 is 1.43 bits per heavy atom. The average Bonchev–Trinajstić information content (AvgIpc) is 2.91. The van der Waals surface area contributed by atoms with Crippen LogP contribution in [-0.2, 0) is 4.79 Å². The standard InChI is InChI=1S/C16H18ClN3O/c1-10-9-12(17)14(11-5-4-8-19-13(10)11)20-15(21)16(18)6-2-3-7-16/h4-5,8-9H,2-3,6-7,18H2,1H3,(H,20,21). The van der Waals surface area contributed by atoms with Crippen LogP contribution >= 0.6 is 11.6 Å². The molecule has 5 heteroatoms. The van der Waals surface area contributed by atoms with E-state index in [1.54, 1.807) is 6.20 Å². The number of hydrogen-bond acceptors (Lipinski definition) is 3. The van der Waals surface area contributed by atoms with Crippen LogP contribution in [0.15, 0.2) is 24.4 Å². The van der Waals surface area contributed by atoms with Gasteiger partial charge >= 0.3 is 0 Å². The summed E-state index contributed by atoms with van der Waals surface area (Å²) in [6.45, 7) is 1.95. The van der Waals surface area contributed by atoms with Crippen molar-refractivity contribution in [3.63, 3.8) is 0 Å². The van der Waals surface area contributed by atoms with Crippen molar-refractivity contribution in [2.75, 3.05) is 5.32 Å². The number of anilines is 1. The molecule has 1 aromatic heterocycles. The van der Waals surface area contributed by atoms with E-state index < -0.39 is 5.54 Å². The molecule has 0 unspecified atom stereocenters. The fraction of sp³-hybridized carbons (Fsp3) is 0.375. The molecule has 4 nitrogen and oxygen atoms in total. The van der Waals surface area contributed by atoms with Crippen molar-refractivity contribution >= 4 is 34.1 Å². The summed E-state index contributed by atoms with van der Waals surface area (Å²) < 4.78 is 0. The van der Waals surface area contributed by atoms with Gasteiger partial charge in [0.25, 0.3) is 0 Å². The molecule has 1 heterocycles. The van der Waals surface area contributed by atoms with Crippen molar-refractivity contribution < 1.29 is 4.79 Å². The number of nitrogens with zero attached hydrogens (tertiary/aromatic N) is 1. The van der Waals surface area contributed by atoms with Gasteiger partial charge in [0.2, 0.25) is 5.91 Å². The van der Waals surface area contributed by atoms with Crippen LogP contribution in [-0.4, -0.2) is 16.4 Å². The third-order valence-electron chi connectivity index (χ3n) is 4.22. The summed E-state index contributed by atoms with van der Waals surface area (Å²) >= 11 is 6.32. The number of fused-ring (bicyclic) bond motifs is 1. The molecule has 1 aliphatic rings. The van der Waals surface area contributed by atoms with Gasteiger partial charge in [-0.1, -0.05) is 24.4 Å². The highest BCUT2D eigenvalue weighted by molar-refractivity contribution is 6.35. The number of aromatic nitrogens is 1. The van der Waals surface area contributed by atoms with Crippen molar-refractivity contribution in [1.29, 1.82) is 0 Å². The predicted molar refractivity (Wildman–Crippen MR) is 85.5 cm³/mol. The number of amides is 1. The number of halogens is 1. The molecule has 110 valence electrons. The summed E-state index contributed by atoms with van der Waals surface area (Å²) in [4.78, 5) is 16.9. The van der Waals surface area contributed by atoms with E-state index in [9.17, 15) is 4.79 Å². The zero-order chi connectivity index (χ0) is 15.0. The minimum Gasteiger partial charge on any atom is -0.323 e. The van der Waals surface area contributed by atoms with Crippen molar-refractivity contribution in [2.24, 2.45) is 5.73 Å². The highest BCUT2D eigenvalue weighted by atomic mass is 35.5. The second kappa shape index (κ2) is 5.28. The SMILES string of the molecule is Cc1cc(Cl)c(NC(=O)C2(N)CCCC2)c2cccnc12. The third-order valence-corrected chi connectivity index (χ3v) is 4.52. The van der Waals surface area contributed by atoms with Gasteiger partial charge in [-0.2, -0.15) is 0 Å². The van der Waals surface area contributed by atoms with Crippen molar-refractivity contribution in [2.45, 2.75) is 38.1 Å². The van der Waals surface area contributed by atoms with E-state index >= 15 is 0 Å². The van der Waals surface area contributed by atoms with E-state index in [-0.39, 0.29) is 5.91 Å². The normalized spacial score (nSPS) is 17.1. The summed E-state index contributed by atoms with van der Waals surface area (Å²) in [6, 6.07) is 5.57. The molecular weight excluding hydrogens is 286 g/mol. The minimum atomic E-state index is -0.775. The highest BCUT2D eigenvalue weighted by Crippen LogP contribution is 2.35. The molecule has 3 rings (SSSR count). The number of benzene rings is 1. The lowest BCUT2D eigenvalue weighted by atomic mass is 9.97. The largest absolute Gasteiger partial charge is 0.323 e. The second-order valence-electron chi connectivity index (χ2n) is 5.77. The minimum absolute atomic E-state index is 0.157. The highest BCUT2D eigenvalue weighted by Gasteiger charge is 2.37. The number of rotatable bonds is 2. The number of pyridine rings is 1. The number of nitrogens with one attached hydrogen (secondary N) is 1. The number of aryl methyl sites for hydroxylation is 1. The first-order chi connectivity index (χ1) is 10.0. The summed E-state index contributed by atoms with van der Waals surface area (Å²) in [5.41, 5.74) is 7.86. The topological polar surface area (TPSA) is 68.0 Å². The third kappa shape index (κ3) is 2.49. The molecule has 1 fully saturated rings. The maximum atomic E-state index is 12.5. The smallest absolute Gasteiger partial charge is 0.244 e. The van der Waals surface area contributed by atoms with E-state index in [4.69, 9.17) is 17.3 Å². The van der Waals surface area contributed by atoms with Crippen molar-refractivity contribution in [1.82, 2.24) is 4.98 Å². The van der Waals surface area contributed by atoms with E-state index in [1.807, 2.05) is 25.1 Å². The quantitative estimate of drug-likeness (QED) is 0.893. The average molecular weight is 304 g/mol. The molecule has 0 spiro atoms. The van der Waals surface area contributed by atoms with Gasteiger partial charge in [0.15, 0.2) is 0 Å². The lowest BCUT2D eigenvalue weighted by Gasteiger charge is -2.23. The molecular formula is C16H18ClN3O. The maximum Gasteiger partial charge on any atom is 0.244 e. The molecule has 1 saturated carbocycles. The van der Waals surface area contributed by atoms with Crippen LogP contribution in [0.2, 0.25) is 5.02 Å². The molecule has 0 saturated heterocycles. The Balaban J connectivity index is 2.03. The van der Waals surface area contributed by atoms with Crippen LogP contribution in [0, 0.1) is 6.92 Å². The van der Waals surface area contributed by atoms with Gasteiger partial charge in [-0.05, 0) is 43.5 Å². The lowest BCUT2D eigenvalue weighted by molar-refractivity contribution is -0.120. The second-order valence-corrected chi connectivity index (χ2v) is 6.17. The first-order valence-corrected chi connectivity index (χ1v) is 7.53. The van der Waals surface area contributed by atoms with E-state index in [0.717, 1.165) is 42.1 Å². The van der Waals surface area contributed by atoms with Gasteiger partial charge < -0.3 is 11.1 Å². The first-order valence-electron chi connectivity index (χ1n) is 7.15. The van der Waals surface area contributed by atoms with E-state index in [1.165, 1.54) is 0 Å². The Morgan fingerprint density at radius 3 is 2.86 bits per heavy atom. The molecule has 1 amide bonds. The van der Waals surface area contributed by atoms with Gasteiger partial charge in [-0.15, -0.1) is 0 Å². The molecule has 1 aliphatic carbocycles. The van der Waals surface area contributed by atoms with Crippen molar-refractivity contribution in [3.8, 4) is 0 Å². The number of carbonyl (C=O) groups excluding carboxylic acids is 1. The molecule has 0 aliphatic heterocycles. The fourth-order valence-corrected chi connectivity index (χ4v) is 3.29. The zero-order valence-corrected chi connectivity index (χ0v) is 12.7. The van der Waals surface area contributed by atoms with Crippen molar-refractivity contribution in [3.05, 3.63) is 35.0 Å². The van der Waals surface area contributed by atoms with Gasteiger partial charge in [0.05, 0.1) is 21.8 Å². The van der Waals surface area contributed by atoms with E-state index in [0.29, 0.717) is 10.7 Å². The van der Waals surface area contributed by atoms with Crippen LogP contribution in [0.1, 0.15) is 31.2 Å². The number of nitrogens with two attached hydrogens (primary N) is 1. The fourth-order valence-electron chi connectivity index (χ4n) is 2.98. The Hall–Kier alpha value is -1.65. The van der Waals surface area contributed by atoms with Crippen LogP contribution in [0.5, 0.6) is 0 Å².